The maximum Gasteiger partial charge on any atom is 0.187 e. The van der Waals surface area contributed by atoms with Gasteiger partial charge in [-0.25, -0.2) is 0 Å². The number of piperidine rings is 1. The molecule has 0 unspecified atom stereocenters. The summed E-state index contributed by atoms with van der Waals surface area (Å²) in [5.74, 6) is 0. The molecule has 0 aromatic carbocycles. The van der Waals surface area contributed by atoms with Gasteiger partial charge in [0, 0.05) is 0 Å². The first-order chi connectivity index (χ1) is 9.99. The molecule has 7 N–H and O–H groups in total. The van der Waals surface area contributed by atoms with Crippen LogP contribution in [0.25, 0.3) is 0 Å². The molecule has 2 aliphatic heterocycles. The molecule has 0 aromatic rings. The third-order valence-corrected chi connectivity index (χ3v) is 3.96. The molecule has 2 heterocycles. The zero-order valence-electron chi connectivity index (χ0n) is 11.4. The number of hydrogen-bond acceptors (Lipinski definition) is 9. The molecule has 0 saturated carbocycles. The van der Waals surface area contributed by atoms with E-state index in [1.807, 2.05) is 0 Å². The second-order valence-electron chi connectivity index (χ2n) is 5.40. The number of hydrogen-bond donors (Lipinski definition) is 7. The first-order valence-corrected chi connectivity index (χ1v) is 6.98. The van der Waals surface area contributed by atoms with Crippen LogP contribution in [0.3, 0.4) is 0 Å². The molecule has 0 aliphatic carbocycles. The van der Waals surface area contributed by atoms with Crippen molar-refractivity contribution in [2.24, 2.45) is 0 Å². The zero-order valence-corrected chi connectivity index (χ0v) is 11.4. The van der Waals surface area contributed by atoms with Crippen LogP contribution in [-0.4, -0.2) is 99.4 Å². The van der Waals surface area contributed by atoms with E-state index in [1.165, 1.54) is 0 Å². The Labute approximate surface area is 121 Å². The monoisotopic (exact) mass is 309 g/mol. The van der Waals surface area contributed by atoms with Crippen LogP contribution in [-0.2, 0) is 9.47 Å². The molecule has 124 valence electrons. The van der Waals surface area contributed by atoms with Gasteiger partial charge >= 0.3 is 0 Å². The second kappa shape index (κ2) is 7.27. The maximum atomic E-state index is 9.95. The topological polar surface area (TPSA) is 152 Å². The second-order valence-corrected chi connectivity index (χ2v) is 5.40. The van der Waals surface area contributed by atoms with Crippen molar-refractivity contribution in [1.29, 1.82) is 0 Å². The van der Waals surface area contributed by atoms with Gasteiger partial charge in [-0.2, -0.15) is 0 Å². The lowest BCUT2D eigenvalue weighted by Crippen LogP contribution is -2.63. The molecule has 9 heteroatoms. The van der Waals surface area contributed by atoms with Gasteiger partial charge in [-0.05, 0) is 13.0 Å². The van der Waals surface area contributed by atoms with Crippen LogP contribution in [0.2, 0.25) is 0 Å². The van der Waals surface area contributed by atoms with Crippen molar-refractivity contribution in [2.45, 2.75) is 55.4 Å². The molecule has 0 spiro atoms. The molecule has 8 atom stereocenters. The molecular formula is C12H23NO8. The molecule has 2 saturated heterocycles. The van der Waals surface area contributed by atoms with Gasteiger partial charge in [-0.1, -0.05) is 0 Å². The highest BCUT2D eigenvalue weighted by Crippen LogP contribution is 2.25. The van der Waals surface area contributed by atoms with Gasteiger partial charge in [0.1, 0.15) is 30.5 Å². The van der Waals surface area contributed by atoms with Crippen LogP contribution >= 0.6 is 0 Å². The van der Waals surface area contributed by atoms with Crippen molar-refractivity contribution in [1.82, 2.24) is 5.32 Å². The summed E-state index contributed by atoms with van der Waals surface area (Å²) in [5.41, 5.74) is 0. The van der Waals surface area contributed by atoms with Gasteiger partial charge in [0.25, 0.3) is 0 Å². The Hall–Kier alpha value is -0.360. The number of rotatable bonds is 4. The maximum absolute atomic E-state index is 9.95. The lowest BCUT2D eigenvalue weighted by molar-refractivity contribution is -0.321. The van der Waals surface area contributed by atoms with E-state index in [4.69, 9.17) is 14.6 Å². The quantitative estimate of drug-likeness (QED) is 0.275. The van der Waals surface area contributed by atoms with Gasteiger partial charge in [0.15, 0.2) is 6.29 Å². The predicted molar refractivity (Wildman–Crippen MR) is 68.1 cm³/mol. The summed E-state index contributed by atoms with van der Waals surface area (Å²) in [4.78, 5) is 0. The van der Waals surface area contributed by atoms with E-state index in [1.54, 1.807) is 0 Å². The minimum atomic E-state index is -1.54. The van der Waals surface area contributed by atoms with Gasteiger partial charge in [-0.15, -0.1) is 0 Å². The van der Waals surface area contributed by atoms with Crippen molar-refractivity contribution in [3.63, 3.8) is 0 Å². The average molecular weight is 309 g/mol. The minimum absolute atomic E-state index is 0.279. The van der Waals surface area contributed by atoms with Crippen molar-refractivity contribution < 1.29 is 40.1 Å². The normalized spacial score (nSPS) is 48.3. The molecule has 0 amide bonds. The van der Waals surface area contributed by atoms with Crippen LogP contribution in [0, 0.1) is 0 Å². The van der Waals surface area contributed by atoms with Gasteiger partial charge in [0.05, 0.1) is 25.4 Å². The van der Waals surface area contributed by atoms with Crippen molar-refractivity contribution in [3.8, 4) is 0 Å². The first kappa shape index (κ1) is 17.0. The molecule has 0 radical (unpaired) electrons. The third kappa shape index (κ3) is 3.52. The van der Waals surface area contributed by atoms with Crippen LogP contribution in [0.1, 0.15) is 6.42 Å². The van der Waals surface area contributed by atoms with E-state index >= 15 is 0 Å². The van der Waals surface area contributed by atoms with Crippen LogP contribution < -0.4 is 5.32 Å². The molecule has 2 fully saturated rings. The molecule has 0 aromatic heterocycles. The van der Waals surface area contributed by atoms with E-state index in [9.17, 15) is 25.5 Å². The highest BCUT2D eigenvalue weighted by atomic mass is 16.7. The number of nitrogens with one attached hydrogen (secondary N) is 1. The van der Waals surface area contributed by atoms with Gasteiger partial charge in [-0.3, -0.25) is 0 Å². The van der Waals surface area contributed by atoms with E-state index in [0.29, 0.717) is 13.0 Å². The number of aliphatic hydroxyl groups is 6. The molecule has 2 aliphatic rings. The summed E-state index contributed by atoms with van der Waals surface area (Å²) in [5, 5.41) is 60.6. The summed E-state index contributed by atoms with van der Waals surface area (Å²) in [6.45, 7) is -0.320. The standard InChI is InChI=1S/C12H23NO8/c14-3-5-11(6(16)1-2-13-5)21-12-10(19)9(18)8(17)7(4-15)20-12/h5-19H,1-4H2/t5-,6-,7-,8+,9+,10-,11-,12-/m1/s1. The largest absolute Gasteiger partial charge is 0.395 e. The Morgan fingerprint density at radius 3 is 2.33 bits per heavy atom. The first-order valence-electron chi connectivity index (χ1n) is 6.98. The van der Waals surface area contributed by atoms with E-state index in [0.717, 1.165) is 0 Å². The minimum Gasteiger partial charge on any atom is -0.395 e. The van der Waals surface area contributed by atoms with E-state index < -0.39 is 55.6 Å². The Morgan fingerprint density at radius 2 is 1.71 bits per heavy atom. The zero-order chi connectivity index (χ0) is 15.6. The molecule has 0 bridgehead atoms. The number of aliphatic hydroxyl groups excluding tert-OH is 6. The Bertz CT molecular complexity index is 330. The fraction of sp³-hybridized carbons (Fsp3) is 1.00. The summed E-state index contributed by atoms with van der Waals surface area (Å²) in [7, 11) is 0. The Balaban J connectivity index is 2.05. The summed E-state index contributed by atoms with van der Waals surface area (Å²) in [6.07, 6.45) is -8.24. The lowest BCUT2D eigenvalue weighted by Gasteiger charge is -2.43. The van der Waals surface area contributed by atoms with Crippen LogP contribution in [0.15, 0.2) is 0 Å². The highest BCUT2D eigenvalue weighted by molar-refractivity contribution is 4.92. The van der Waals surface area contributed by atoms with Crippen LogP contribution in [0.4, 0.5) is 0 Å². The fourth-order valence-electron chi connectivity index (χ4n) is 2.65. The number of ether oxygens (including phenoxy) is 2. The molecule has 21 heavy (non-hydrogen) atoms. The predicted octanol–water partition coefficient (Wildman–Crippen LogP) is -4.11. The smallest absolute Gasteiger partial charge is 0.187 e. The Kier molecular flexibility index (Phi) is 5.88. The van der Waals surface area contributed by atoms with E-state index in [-0.39, 0.29) is 6.61 Å². The van der Waals surface area contributed by atoms with Gasteiger partial charge < -0.3 is 45.4 Å². The average Bonchev–Trinajstić information content (AvgIpc) is 2.49. The lowest BCUT2D eigenvalue weighted by atomic mass is 9.97. The molecular weight excluding hydrogens is 286 g/mol. The molecule has 9 nitrogen and oxygen atoms in total. The summed E-state index contributed by atoms with van der Waals surface area (Å²) >= 11 is 0. The summed E-state index contributed by atoms with van der Waals surface area (Å²) in [6, 6.07) is -0.541. The van der Waals surface area contributed by atoms with Gasteiger partial charge in [0.2, 0.25) is 0 Å². The highest BCUT2D eigenvalue weighted by Gasteiger charge is 2.46. The molecule has 2 rings (SSSR count). The van der Waals surface area contributed by atoms with Crippen molar-refractivity contribution in [3.05, 3.63) is 0 Å². The fourth-order valence-corrected chi connectivity index (χ4v) is 2.65. The van der Waals surface area contributed by atoms with E-state index in [2.05, 4.69) is 5.32 Å². The third-order valence-electron chi connectivity index (χ3n) is 3.96. The van der Waals surface area contributed by atoms with Crippen LogP contribution in [0.5, 0.6) is 0 Å². The van der Waals surface area contributed by atoms with Crippen molar-refractivity contribution >= 4 is 0 Å². The Morgan fingerprint density at radius 1 is 1.00 bits per heavy atom. The van der Waals surface area contributed by atoms with Crippen molar-refractivity contribution in [2.75, 3.05) is 19.8 Å². The summed E-state index contributed by atoms with van der Waals surface area (Å²) < 4.78 is 10.7. The SMILES string of the molecule is OC[C@H]1NCC[C@@H](O)[C@@H]1O[C@H]1O[C@H](CO)[C@H](O)[C@H](O)[C@H]1O.